The van der Waals surface area contributed by atoms with Crippen LogP contribution in [-0.2, 0) is 0 Å². The van der Waals surface area contributed by atoms with Crippen molar-refractivity contribution in [2.45, 2.75) is 69.2 Å². The van der Waals surface area contributed by atoms with Crippen molar-refractivity contribution in [2.75, 3.05) is 0 Å². The van der Waals surface area contributed by atoms with E-state index in [2.05, 4.69) is 159 Å². The molecule has 12 nitrogen and oxygen atoms in total. The minimum Gasteiger partial charge on any atom is -0.264 e. The SMILES string of the molecule is Cc1cc(F)nc(F)c1.Cc1cc2ccccc2cn1.Cc1ccc(F)nc1F.Cc1ccc2ccccc2n1.Cc1ccnc2ccccc12.Cc1cnc2ccccc2c1.Cc1cnc2ccccc2n1.Cc1cncc2ccccc12.Cc1ncc2ccccc2n1.Cc1nccc2ccccc12. The van der Waals surface area contributed by atoms with Gasteiger partial charge < -0.3 is 0 Å². The maximum absolute atomic E-state index is 12.2. The van der Waals surface area contributed by atoms with Crippen LogP contribution in [-0.4, -0.2) is 59.8 Å². The molecule has 16 heteroatoms. The van der Waals surface area contributed by atoms with E-state index in [9.17, 15) is 17.6 Å². The van der Waals surface area contributed by atoms with Gasteiger partial charge >= 0.3 is 0 Å². The Morgan fingerprint density at radius 2 is 0.774 bits per heavy atom. The Balaban J connectivity index is 0.000000136. The van der Waals surface area contributed by atoms with E-state index >= 15 is 0 Å². The minimum absolute atomic E-state index is 0.358. The topological polar surface area (TPSA) is 155 Å². The number of hydrogen-bond acceptors (Lipinski definition) is 12. The van der Waals surface area contributed by atoms with Gasteiger partial charge in [-0.3, -0.25) is 34.9 Å². The molecule has 0 spiro atoms. The number of rotatable bonds is 0. The molecule has 10 aromatic heterocycles. The van der Waals surface area contributed by atoms with Crippen molar-refractivity contribution in [1.29, 1.82) is 0 Å². The summed E-state index contributed by atoms with van der Waals surface area (Å²) in [7, 11) is 0. The summed E-state index contributed by atoms with van der Waals surface area (Å²) in [6, 6.07) is 82.3. The maximum Gasteiger partial charge on any atom is 0.218 e. The number of aryl methyl sites for hydroxylation is 10. The summed E-state index contributed by atoms with van der Waals surface area (Å²) in [6.07, 6.45) is 14.9. The lowest BCUT2D eigenvalue weighted by atomic mass is 10.1. The summed E-state index contributed by atoms with van der Waals surface area (Å²) < 4.78 is 48.4. The predicted molar refractivity (Wildman–Crippen MR) is 425 cm³/mol. The van der Waals surface area contributed by atoms with Gasteiger partial charge in [0.25, 0.3) is 0 Å². The second-order valence-corrected chi connectivity index (χ2v) is 24.5. The molecule has 10 heterocycles. The van der Waals surface area contributed by atoms with Gasteiger partial charge in [0.15, 0.2) is 0 Å². The fourth-order valence-corrected chi connectivity index (χ4v) is 10.5. The molecule has 0 aliphatic carbocycles. The van der Waals surface area contributed by atoms with Gasteiger partial charge in [-0.05, 0) is 193 Å². The monoisotopic (exact) mass is 1400 g/mol. The molecule has 0 N–H and O–H groups in total. The molecule has 0 bridgehead atoms. The van der Waals surface area contributed by atoms with E-state index in [1.54, 1.807) is 13.1 Å². The van der Waals surface area contributed by atoms with E-state index in [1.807, 2.05) is 230 Å². The molecule has 8 aromatic carbocycles. The van der Waals surface area contributed by atoms with Crippen LogP contribution >= 0.6 is 0 Å². The summed E-state index contributed by atoms with van der Waals surface area (Å²) in [5.74, 6) is -2.24. The van der Waals surface area contributed by atoms with Gasteiger partial charge in [-0.2, -0.15) is 27.5 Å². The van der Waals surface area contributed by atoms with Crippen LogP contribution in [0, 0.1) is 93.0 Å². The Labute approximate surface area is 614 Å². The number of benzene rings is 8. The van der Waals surface area contributed by atoms with Crippen molar-refractivity contribution in [3.05, 3.63) is 385 Å². The summed E-state index contributed by atoms with van der Waals surface area (Å²) in [4.78, 5) is 48.2. The van der Waals surface area contributed by atoms with Crippen LogP contribution in [0.1, 0.15) is 56.4 Å². The van der Waals surface area contributed by atoms with Crippen molar-refractivity contribution >= 4 is 87.0 Å². The molecule has 0 atom stereocenters. The number of halogens is 4. The quantitative estimate of drug-likeness (QED) is 0.105. The van der Waals surface area contributed by atoms with Gasteiger partial charge in [0.1, 0.15) is 5.82 Å². The molecular weight excluding hydrogens is 1330 g/mol. The first kappa shape index (κ1) is 77.1. The van der Waals surface area contributed by atoms with Crippen LogP contribution < -0.4 is 0 Å². The maximum atomic E-state index is 12.2. The third-order valence-electron chi connectivity index (χ3n) is 15.9. The highest BCUT2D eigenvalue weighted by Gasteiger charge is 2.02. The molecule has 0 amide bonds. The Morgan fingerprint density at radius 1 is 0.236 bits per heavy atom. The van der Waals surface area contributed by atoms with E-state index in [0.29, 0.717) is 11.1 Å². The van der Waals surface area contributed by atoms with Gasteiger partial charge in [-0.15, -0.1) is 0 Å². The molecule has 0 radical (unpaired) electrons. The second-order valence-electron chi connectivity index (χ2n) is 24.5. The molecule has 528 valence electrons. The van der Waals surface area contributed by atoms with Crippen molar-refractivity contribution in [1.82, 2.24) is 59.8 Å². The lowest BCUT2D eigenvalue weighted by molar-refractivity contribution is 0.507. The van der Waals surface area contributed by atoms with Gasteiger partial charge in [-0.25, -0.2) is 15.0 Å². The van der Waals surface area contributed by atoms with Gasteiger partial charge in [-0.1, -0.05) is 170 Å². The third-order valence-corrected chi connectivity index (χ3v) is 15.9. The fourth-order valence-electron chi connectivity index (χ4n) is 10.5. The Morgan fingerprint density at radius 3 is 1.43 bits per heavy atom. The smallest absolute Gasteiger partial charge is 0.218 e. The molecular formula is C90H80F4N12. The molecule has 0 aliphatic rings. The van der Waals surface area contributed by atoms with E-state index in [0.717, 1.165) is 73.2 Å². The lowest BCUT2D eigenvalue weighted by Crippen LogP contribution is -1.89. The normalized spacial score (nSPS) is 10.2. The van der Waals surface area contributed by atoms with Crippen LogP contribution in [0.15, 0.2) is 304 Å². The fraction of sp³-hybridized carbons (Fsp3) is 0.111. The van der Waals surface area contributed by atoms with Crippen molar-refractivity contribution < 1.29 is 17.6 Å². The molecule has 0 saturated carbocycles. The van der Waals surface area contributed by atoms with Crippen LogP contribution in [0.4, 0.5) is 17.6 Å². The van der Waals surface area contributed by atoms with E-state index in [1.165, 1.54) is 90.3 Å². The van der Waals surface area contributed by atoms with Gasteiger partial charge in [0.05, 0.1) is 38.8 Å². The predicted octanol–water partition coefficient (Wildman–Crippen LogP) is 22.5. The molecule has 0 unspecified atom stereocenters. The molecule has 18 aromatic rings. The highest BCUT2D eigenvalue weighted by molar-refractivity contribution is 5.86. The minimum atomic E-state index is -0.780. The first-order valence-electron chi connectivity index (χ1n) is 34.1. The van der Waals surface area contributed by atoms with Crippen LogP contribution in [0.5, 0.6) is 0 Å². The van der Waals surface area contributed by atoms with E-state index in [-0.39, 0.29) is 0 Å². The number of pyridine rings is 8. The average Bonchev–Trinajstić information content (AvgIpc) is 0.779. The average molecular weight is 1410 g/mol. The number of nitrogens with zero attached hydrogens (tertiary/aromatic N) is 12. The number of fused-ring (bicyclic) bond motifs is 8. The summed E-state index contributed by atoms with van der Waals surface area (Å²) in [6.45, 7) is 19.3. The molecule has 0 saturated heterocycles. The first-order chi connectivity index (χ1) is 51.3. The van der Waals surface area contributed by atoms with Crippen molar-refractivity contribution in [3.8, 4) is 0 Å². The molecule has 0 aliphatic heterocycles. The van der Waals surface area contributed by atoms with E-state index in [4.69, 9.17) is 0 Å². The zero-order valence-corrected chi connectivity index (χ0v) is 60.7. The number of hydrogen-bond donors (Lipinski definition) is 0. The summed E-state index contributed by atoms with van der Waals surface area (Å²) in [5.41, 5.74) is 15.0. The van der Waals surface area contributed by atoms with Gasteiger partial charge in [0.2, 0.25) is 23.8 Å². The van der Waals surface area contributed by atoms with Crippen molar-refractivity contribution in [2.24, 2.45) is 0 Å². The summed E-state index contributed by atoms with van der Waals surface area (Å²) >= 11 is 0. The third kappa shape index (κ3) is 24.0. The van der Waals surface area contributed by atoms with Crippen LogP contribution in [0.3, 0.4) is 0 Å². The largest absolute Gasteiger partial charge is 0.264 e. The Bertz CT molecular complexity index is 5140. The first-order valence-corrected chi connectivity index (χ1v) is 34.1. The number of aromatic nitrogens is 12. The van der Waals surface area contributed by atoms with E-state index < -0.39 is 23.8 Å². The standard InChI is InChI=1S/6C10H9N.2C9H8N2.2C6H5F2N/c1-8-6-11-7-9-4-2-3-5-10(8)9;1-8-6-9-4-2-3-5-10(9)7-11-8;1-8-6-9-4-2-3-5-10(9)11-7-8;1-8-10-5-3-2-4-9(10)6-7-11-8;1-8-6-7-11-10-5-3-2-4-9(8)10;1-8-6-7-9-4-2-3-5-10(9)11-8;1-7-10-6-8-4-2-3-5-9(8)11-7;1-7-6-10-8-4-2-3-5-9(8)11-7;1-4-2-5(7)9-6(8)3-4;1-4-2-3-5(7)9-6(4)8/h6*2-7H,1H3;2*2-6H,1H3;2*2-3H,1H3. The Kier molecular flexibility index (Phi) is 28.6. The highest BCUT2D eigenvalue weighted by atomic mass is 19.1. The summed E-state index contributed by atoms with van der Waals surface area (Å²) in [5, 5.41) is 12.3. The van der Waals surface area contributed by atoms with Crippen LogP contribution in [0.25, 0.3) is 87.0 Å². The molecule has 0 fully saturated rings. The number of para-hydroxylation sites is 6. The highest BCUT2D eigenvalue weighted by Crippen LogP contribution is 2.19. The Hall–Kier alpha value is -13.1. The van der Waals surface area contributed by atoms with Crippen LogP contribution in [0.2, 0.25) is 0 Å². The molecule has 106 heavy (non-hydrogen) atoms. The lowest BCUT2D eigenvalue weighted by Gasteiger charge is -1.98. The zero-order valence-electron chi connectivity index (χ0n) is 60.7. The van der Waals surface area contributed by atoms with Gasteiger partial charge in [0, 0.05) is 110 Å². The second kappa shape index (κ2) is 39.4. The van der Waals surface area contributed by atoms with Crippen molar-refractivity contribution in [3.63, 3.8) is 0 Å². The zero-order chi connectivity index (χ0) is 75.2. The molecule has 18 rings (SSSR count).